The molecular formula is C29H27F2N3O3. The van der Waals surface area contributed by atoms with Crippen LogP contribution in [0.2, 0.25) is 0 Å². The standard InChI is InChI=1S/C29H27F2N3O3/c1-29(2,3)37-26(35)19-34(28(36)27-24(30)13-8-14-25(27)31)23-12-7-11-21(15-23)22-16-32-33(18-22)17-20-9-5-4-6-10-20/h4-16,18H,17,19H2,1-3H3. The summed E-state index contributed by atoms with van der Waals surface area (Å²) in [6, 6.07) is 19.8. The van der Waals surface area contributed by atoms with Gasteiger partial charge in [0.05, 0.1) is 12.7 Å². The molecule has 0 saturated heterocycles. The zero-order valence-electron chi connectivity index (χ0n) is 20.8. The van der Waals surface area contributed by atoms with Crippen LogP contribution in [-0.2, 0) is 16.1 Å². The van der Waals surface area contributed by atoms with Gasteiger partial charge in [-0.2, -0.15) is 5.10 Å². The maximum Gasteiger partial charge on any atom is 0.326 e. The first-order chi connectivity index (χ1) is 17.6. The molecule has 1 heterocycles. The number of anilines is 1. The Kier molecular flexibility index (Phi) is 7.47. The molecule has 3 aromatic carbocycles. The predicted octanol–water partition coefficient (Wildman–Crippen LogP) is 5.87. The van der Waals surface area contributed by atoms with Crippen molar-refractivity contribution in [2.24, 2.45) is 0 Å². The molecule has 0 unspecified atom stereocenters. The van der Waals surface area contributed by atoms with Gasteiger partial charge in [0, 0.05) is 17.4 Å². The van der Waals surface area contributed by atoms with Gasteiger partial charge in [-0.15, -0.1) is 0 Å². The zero-order chi connectivity index (χ0) is 26.6. The van der Waals surface area contributed by atoms with Crippen LogP contribution in [0.5, 0.6) is 0 Å². The summed E-state index contributed by atoms with van der Waals surface area (Å²) in [5.41, 5.74) is 1.32. The molecule has 1 aromatic heterocycles. The number of hydrogen-bond donors (Lipinski definition) is 0. The molecule has 0 spiro atoms. The summed E-state index contributed by atoms with van der Waals surface area (Å²) in [4.78, 5) is 27.0. The number of carbonyl (C=O) groups is 2. The number of nitrogens with zero attached hydrogens (tertiary/aromatic N) is 3. The average molecular weight is 504 g/mol. The van der Waals surface area contributed by atoms with Crippen LogP contribution in [0.3, 0.4) is 0 Å². The van der Waals surface area contributed by atoms with Crippen molar-refractivity contribution in [3.8, 4) is 11.1 Å². The van der Waals surface area contributed by atoms with E-state index in [1.807, 2.05) is 42.6 Å². The lowest BCUT2D eigenvalue weighted by Crippen LogP contribution is -2.39. The molecule has 1 amide bonds. The number of aromatic nitrogens is 2. The molecule has 0 aliphatic heterocycles. The molecule has 4 rings (SSSR count). The van der Waals surface area contributed by atoms with Crippen LogP contribution in [0.1, 0.15) is 36.7 Å². The van der Waals surface area contributed by atoms with Crippen molar-refractivity contribution in [3.05, 3.63) is 108 Å². The molecule has 0 aliphatic carbocycles. The third-order valence-corrected chi connectivity index (χ3v) is 5.44. The van der Waals surface area contributed by atoms with Gasteiger partial charge in [0.1, 0.15) is 29.3 Å². The lowest BCUT2D eigenvalue weighted by atomic mass is 10.1. The van der Waals surface area contributed by atoms with E-state index in [0.717, 1.165) is 28.2 Å². The van der Waals surface area contributed by atoms with Crippen molar-refractivity contribution in [3.63, 3.8) is 0 Å². The fraction of sp³-hybridized carbons (Fsp3) is 0.207. The fourth-order valence-corrected chi connectivity index (χ4v) is 3.84. The first kappa shape index (κ1) is 25.8. The van der Waals surface area contributed by atoms with Crippen molar-refractivity contribution in [2.75, 3.05) is 11.4 Å². The number of hydrogen-bond acceptors (Lipinski definition) is 4. The number of amides is 1. The highest BCUT2D eigenvalue weighted by Crippen LogP contribution is 2.27. The van der Waals surface area contributed by atoms with Gasteiger partial charge >= 0.3 is 5.97 Å². The first-order valence-corrected chi connectivity index (χ1v) is 11.8. The molecule has 190 valence electrons. The van der Waals surface area contributed by atoms with Crippen LogP contribution in [0.15, 0.2) is 85.2 Å². The minimum atomic E-state index is -1.02. The summed E-state index contributed by atoms with van der Waals surface area (Å²) in [7, 11) is 0. The molecule has 0 atom stereocenters. The minimum Gasteiger partial charge on any atom is -0.459 e. The lowest BCUT2D eigenvalue weighted by molar-refractivity contribution is -0.152. The highest BCUT2D eigenvalue weighted by molar-refractivity contribution is 6.08. The fourth-order valence-electron chi connectivity index (χ4n) is 3.84. The van der Waals surface area contributed by atoms with E-state index in [1.54, 1.807) is 49.8 Å². The van der Waals surface area contributed by atoms with Gasteiger partial charge in [-0.25, -0.2) is 8.78 Å². The molecule has 0 fully saturated rings. The van der Waals surface area contributed by atoms with Gasteiger partial charge in [-0.05, 0) is 56.2 Å². The molecule has 0 radical (unpaired) electrons. The van der Waals surface area contributed by atoms with Crippen LogP contribution in [0.4, 0.5) is 14.5 Å². The van der Waals surface area contributed by atoms with E-state index in [-0.39, 0.29) is 5.69 Å². The summed E-state index contributed by atoms with van der Waals surface area (Å²) in [5.74, 6) is -3.73. The molecular weight excluding hydrogens is 476 g/mol. The van der Waals surface area contributed by atoms with E-state index in [0.29, 0.717) is 12.1 Å². The highest BCUT2D eigenvalue weighted by Gasteiger charge is 2.28. The van der Waals surface area contributed by atoms with E-state index in [9.17, 15) is 18.4 Å². The minimum absolute atomic E-state index is 0.284. The average Bonchev–Trinajstić information content (AvgIpc) is 3.30. The van der Waals surface area contributed by atoms with Crippen LogP contribution < -0.4 is 4.90 Å². The third-order valence-electron chi connectivity index (χ3n) is 5.44. The summed E-state index contributed by atoms with van der Waals surface area (Å²) in [6.45, 7) is 5.14. The van der Waals surface area contributed by atoms with Crippen LogP contribution in [0, 0.1) is 11.6 Å². The second-order valence-electron chi connectivity index (χ2n) is 9.54. The smallest absolute Gasteiger partial charge is 0.326 e. The van der Waals surface area contributed by atoms with Gasteiger partial charge in [-0.1, -0.05) is 48.5 Å². The quantitative estimate of drug-likeness (QED) is 0.296. The highest BCUT2D eigenvalue weighted by atomic mass is 19.1. The van der Waals surface area contributed by atoms with Gasteiger partial charge in [0.2, 0.25) is 0 Å². The SMILES string of the molecule is CC(C)(C)OC(=O)CN(C(=O)c1c(F)cccc1F)c1cccc(-c2cnn(Cc3ccccc3)c2)c1. The number of carbonyl (C=O) groups excluding carboxylic acids is 2. The Bertz CT molecular complexity index is 1390. The monoisotopic (exact) mass is 503 g/mol. The Hall–Kier alpha value is -4.33. The van der Waals surface area contributed by atoms with E-state index in [4.69, 9.17) is 4.74 Å². The Morgan fingerprint density at radius 2 is 1.59 bits per heavy atom. The zero-order valence-corrected chi connectivity index (χ0v) is 20.8. The van der Waals surface area contributed by atoms with E-state index < -0.39 is 41.2 Å². The molecule has 0 N–H and O–H groups in total. The van der Waals surface area contributed by atoms with E-state index >= 15 is 0 Å². The molecule has 0 aliphatic rings. The van der Waals surface area contributed by atoms with Crippen molar-refractivity contribution < 1.29 is 23.1 Å². The lowest BCUT2D eigenvalue weighted by Gasteiger charge is -2.26. The molecule has 4 aromatic rings. The van der Waals surface area contributed by atoms with Crippen LogP contribution in [-0.4, -0.2) is 33.8 Å². The molecule has 0 bridgehead atoms. The van der Waals surface area contributed by atoms with Crippen LogP contribution >= 0.6 is 0 Å². The Labute approximate surface area is 214 Å². The van der Waals surface area contributed by atoms with Crippen molar-refractivity contribution in [1.82, 2.24) is 9.78 Å². The number of ether oxygens (including phenoxy) is 1. The topological polar surface area (TPSA) is 64.4 Å². The summed E-state index contributed by atoms with van der Waals surface area (Å²) >= 11 is 0. The van der Waals surface area contributed by atoms with Crippen molar-refractivity contribution in [1.29, 1.82) is 0 Å². The number of benzene rings is 3. The Balaban J connectivity index is 1.67. The first-order valence-electron chi connectivity index (χ1n) is 11.8. The normalized spacial score (nSPS) is 11.3. The van der Waals surface area contributed by atoms with Crippen LogP contribution in [0.25, 0.3) is 11.1 Å². The summed E-state index contributed by atoms with van der Waals surface area (Å²) in [5, 5.41) is 4.42. The molecule has 0 saturated carbocycles. The molecule has 37 heavy (non-hydrogen) atoms. The summed E-state index contributed by atoms with van der Waals surface area (Å²) in [6.07, 6.45) is 3.56. The van der Waals surface area contributed by atoms with Crippen molar-refractivity contribution in [2.45, 2.75) is 32.9 Å². The maximum absolute atomic E-state index is 14.5. The predicted molar refractivity (Wildman–Crippen MR) is 137 cm³/mol. The molecule has 6 nitrogen and oxygen atoms in total. The van der Waals surface area contributed by atoms with Crippen molar-refractivity contribution >= 4 is 17.6 Å². The number of esters is 1. The maximum atomic E-state index is 14.5. The Morgan fingerprint density at radius 3 is 2.27 bits per heavy atom. The second-order valence-corrected chi connectivity index (χ2v) is 9.54. The third kappa shape index (κ3) is 6.46. The van der Waals surface area contributed by atoms with Gasteiger partial charge in [0.25, 0.3) is 5.91 Å². The van der Waals surface area contributed by atoms with Gasteiger partial charge in [-0.3, -0.25) is 19.2 Å². The Morgan fingerprint density at radius 1 is 0.919 bits per heavy atom. The second kappa shape index (κ2) is 10.7. The van der Waals surface area contributed by atoms with E-state index in [1.165, 1.54) is 6.07 Å². The van der Waals surface area contributed by atoms with Gasteiger partial charge in [0.15, 0.2) is 0 Å². The number of halogens is 2. The van der Waals surface area contributed by atoms with E-state index in [2.05, 4.69) is 5.10 Å². The largest absolute Gasteiger partial charge is 0.459 e. The van der Waals surface area contributed by atoms with Gasteiger partial charge < -0.3 is 4.74 Å². The number of rotatable bonds is 7. The summed E-state index contributed by atoms with van der Waals surface area (Å²) < 4.78 is 36.2. The molecule has 8 heteroatoms.